The molecule has 0 saturated heterocycles. The Bertz CT molecular complexity index is 1250. The minimum Gasteiger partial charge on any atom is -0.480 e. The van der Waals surface area contributed by atoms with Gasteiger partial charge in [0.15, 0.2) is 0 Å². The van der Waals surface area contributed by atoms with Crippen LogP contribution in [0.3, 0.4) is 0 Å². The molecule has 1 unspecified atom stereocenters. The Morgan fingerprint density at radius 1 is 1.06 bits per heavy atom. The van der Waals surface area contributed by atoms with E-state index in [9.17, 15) is 22.3 Å². The first-order valence-electron chi connectivity index (χ1n) is 9.83. The van der Waals surface area contributed by atoms with Gasteiger partial charge in [-0.15, -0.1) is 0 Å². The highest BCUT2D eigenvalue weighted by molar-refractivity contribution is 7.88. The number of aliphatic hydroxyl groups is 1. The monoisotopic (exact) mass is 461 g/mol. The van der Waals surface area contributed by atoms with Crippen LogP contribution in [0.15, 0.2) is 60.7 Å². The van der Waals surface area contributed by atoms with Gasteiger partial charge in [-0.25, -0.2) is 13.6 Å². The van der Waals surface area contributed by atoms with Crippen LogP contribution in [-0.4, -0.2) is 26.7 Å². The zero-order valence-corrected chi connectivity index (χ0v) is 17.7. The topological polar surface area (TPSA) is 98.9 Å². The smallest absolute Gasteiger partial charge is 0.387 e. The number of fused-ring (bicyclic) bond motifs is 3. The van der Waals surface area contributed by atoms with E-state index in [-0.39, 0.29) is 18.1 Å². The van der Waals surface area contributed by atoms with Gasteiger partial charge in [0.05, 0.1) is 11.3 Å². The van der Waals surface area contributed by atoms with Crippen molar-refractivity contribution >= 4 is 10.0 Å². The summed E-state index contributed by atoms with van der Waals surface area (Å²) in [5.41, 5.74) is 3.69. The molecule has 0 saturated carbocycles. The van der Waals surface area contributed by atoms with Gasteiger partial charge in [0.25, 0.3) is 0 Å². The first-order chi connectivity index (χ1) is 15.2. The van der Waals surface area contributed by atoms with E-state index in [0.29, 0.717) is 34.4 Å². The number of hydrogen-bond donors (Lipinski definition) is 2. The minimum atomic E-state index is -3.78. The molecule has 0 aromatic heterocycles. The van der Waals surface area contributed by atoms with Crippen molar-refractivity contribution in [2.24, 2.45) is 5.14 Å². The van der Waals surface area contributed by atoms with Crippen molar-refractivity contribution < 1.29 is 31.8 Å². The van der Waals surface area contributed by atoms with Crippen LogP contribution in [0.5, 0.6) is 11.5 Å². The summed E-state index contributed by atoms with van der Waals surface area (Å²) < 4.78 is 60.2. The van der Waals surface area contributed by atoms with Gasteiger partial charge < -0.3 is 14.6 Å². The number of nitrogens with two attached hydrogens (primary N) is 1. The van der Waals surface area contributed by atoms with Crippen molar-refractivity contribution in [1.82, 2.24) is 0 Å². The van der Waals surface area contributed by atoms with Gasteiger partial charge in [0.1, 0.15) is 17.6 Å². The number of ether oxygens (including phenoxy) is 2. The quantitative estimate of drug-likeness (QED) is 0.558. The molecule has 1 aliphatic rings. The van der Waals surface area contributed by atoms with Crippen LogP contribution in [0, 0.1) is 0 Å². The van der Waals surface area contributed by atoms with Crippen LogP contribution in [0.2, 0.25) is 0 Å². The molecule has 4 rings (SSSR count). The average molecular weight is 461 g/mol. The SMILES string of the molecule is NS(=O)(=O)Cc1ccc2c(c1)C(c1cccc(CCO)c1)Oc1cccc(OC(F)F)c1-2. The second kappa shape index (κ2) is 8.85. The van der Waals surface area contributed by atoms with Gasteiger partial charge in [-0.05, 0) is 40.8 Å². The van der Waals surface area contributed by atoms with Crippen molar-refractivity contribution in [2.45, 2.75) is 24.9 Å². The van der Waals surface area contributed by atoms with Crippen LogP contribution in [0.25, 0.3) is 11.1 Å². The van der Waals surface area contributed by atoms with E-state index in [1.807, 2.05) is 24.3 Å². The van der Waals surface area contributed by atoms with Crippen LogP contribution in [0.4, 0.5) is 8.78 Å². The molecule has 168 valence electrons. The molecule has 1 aliphatic heterocycles. The number of halogens is 2. The molecule has 3 N–H and O–H groups in total. The Hall–Kier alpha value is -3.01. The Labute approximate surface area is 184 Å². The summed E-state index contributed by atoms with van der Waals surface area (Å²) in [5.74, 6) is -0.0441. The number of alkyl halides is 2. The molecule has 6 nitrogen and oxygen atoms in total. The van der Waals surface area contributed by atoms with Crippen LogP contribution < -0.4 is 14.6 Å². The third-order valence-electron chi connectivity index (χ3n) is 5.14. The van der Waals surface area contributed by atoms with E-state index in [0.717, 1.165) is 11.1 Å². The fraction of sp³-hybridized carbons (Fsp3) is 0.217. The lowest BCUT2D eigenvalue weighted by Gasteiger charge is -2.31. The Morgan fingerprint density at radius 3 is 2.56 bits per heavy atom. The lowest BCUT2D eigenvalue weighted by Crippen LogP contribution is -2.18. The Morgan fingerprint density at radius 2 is 1.84 bits per heavy atom. The first-order valence-corrected chi connectivity index (χ1v) is 11.5. The molecule has 9 heteroatoms. The normalized spacial score (nSPS) is 15.1. The van der Waals surface area contributed by atoms with Gasteiger partial charge in [0, 0.05) is 12.2 Å². The highest BCUT2D eigenvalue weighted by Crippen LogP contribution is 2.49. The maximum Gasteiger partial charge on any atom is 0.387 e. The average Bonchev–Trinajstić information content (AvgIpc) is 2.72. The number of hydrogen-bond acceptors (Lipinski definition) is 5. The predicted octanol–water partition coefficient (Wildman–Crippen LogP) is 3.76. The van der Waals surface area contributed by atoms with Crippen molar-refractivity contribution in [3.63, 3.8) is 0 Å². The van der Waals surface area contributed by atoms with Gasteiger partial charge in [-0.3, -0.25) is 0 Å². The molecule has 0 spiro atoms. The van der Waals surface area contributed by atoms with Crippen molar-refractivity contribution in [2.75, 3.05) is 6.61 Å². The number of rotatable bonds is 7. The summed E-state index contributed by atoms with van der Waals surface area (Å²) in [7, 11) is -3.78. The lowest BCUT2D eigenvalue weighted by atomic mass is 9.87. The summed E-state index contributed by atoms with van der Waals surface area (Å²) in [6.07, 6.45) is -0.166. The molecule has 1 heterocycles. The van der Waals surface area contributed by atoms with E-state index < -0.39 is 22.7 Å². The summed E-state index contributed by atoms with van der Waals surface area (Å²) in [5, 5.41) is 14.5. The molecule has 0 amide bonds. The van der Waals surface area contributed by atoms with Crippen LogP contribution in [-0.2, 0) is 22.2 Å². The number of benzene rings is 3. The van der Waals surface area contributed by atoms with Crippen LogP contribution in [0.1, 0.15) is 28.4 Å². The lowest BCUT2D eigenvalue weighted by molar-refractivity contribution is -0.0496. The predicted molar refractivity (Wildman–Crippen MR) is 115 cm³/mol. The van der Waals surface area contributed by atoms with E-state index >= 15 is 0 Å². The molecule has 0 fully saturated rings. The van der Waals surface area contributed by atoms with E-state index in [4.69, 9.17) is 14.6 Å². The Kier molecular flexibility index (Phi) is 6.14. The maximum atomic E-state index is 13.0. The second-order valence-electron chi connectivity index (χ2n) is 7.45. The van der Waals surface area contributed by atoms with Gasteiger partial charge in [-0.2, -0.15) is 8.78 Å². The number of sulfonamides is 1. The summed E-state index contributed by atoms with van der Waals surface area (Å²) in [6.45, 7) is -3.03. The summed E-state index contributed by atoms with van der Waals surface area (Å²) in [6, 6.07) is 17.0. The number of primary sulfonamides is 1. The molecule has 3 aromatic rings. The van der Waals surface area contributed by atoms with E-state index in [2.05, 4.69) is 0 Å². The number of aliphatic hydroxyl groups excluding tert-OH is 1. The fourth-order valence-corrected chi connectivity index (χ4v) is 4.57. The zero-order chi connectivity index (χ0) is 22.9. The largest absolute Gasteiger partial charge is 0.480 e. The third kappa shape index (κ3) is 4.74. The molecular formula is C23H21F2NO5S. The van der Waals surface area contributed by atoms with Gasteiger partial charge in [0.2, 0.25) is 10.0 Å². The molecule has 0 bridgehead atoms. The van der Waals surface area contributed by atoms with Crippen LogP contribution >= 0.6 is 0 Å². The molecule has 3 aromatic carbocycles. The fourth-order valence-electron chi connectivity index (χ4n) is 3.93. The minimum absolute atomic E-state index is 0.0127. The Balaban J connectivity index is 1.89. The van der Waals surface area contributed by atoms with Crippen molar-refractivity contribution in [3.8, 4) is 22.6 Å². The second-order valence-corrected chi connectivity index (χ2v) is 9.07. The summed E-state index contributed by atoms with van der Waals surface area (Å²) in [4.78, 5) is 0. The zero-order valence-electron chi connectivity index (χ0n) is 16.9. The maximum absolute atomic E-state index is 13.0. The third-order valence-corrected chi connectivity index (χ3v) is 5.87. The van der Waals surface area contributed by atoms with Gasteiger partial charge in [-0.1, -0.05) is 48.5 Å². The molecule has 1 atom stereocenters. The van der Waals surface area contributed by atoms with E-state index in [1.54, 1.807) is 30.3 Å². The van der Waals surface area contributed by atoms with Gasteiger partial charge >= 0.3 is 6.61 Å². The standard InChI is InChI=1S/C23H21F2NO5S/c24-23(25)31-20-6-2-5-19-21(20)17-8-7-15(13-32(26,28)29)12-18(17)22(30-19)16-4-1-3-14(11-16)9-10-27/h1-8,11-12,22-23,27H,9-10,13H2,(H2,26,28,29). The highest BCUT2D eigenvalue weighted by atomic mass is 32.2. The molecule has 0 radical (unpaired) electrons. The van der Waals surface area contributed by atoms with E-state index in [1.165, 1.54) is 6.07 Å². The van der Waals surface area contributed by atoms with Crippen molar-refractivity contribution in [3.05, 3.63) is 82.9 Å². The van der Waals surface area contributed by atoms with Crippen molar-refractivity contribution in [1.29, 1.82) is 0 Å². The highest BCUT2D eigenvalue weighted by Gasteiger charge is 2.31. The first kappa shape index (κ1) is 22.2. The molecule has 32 heavy (non-hydrogen) atoms. The molecule has 0 aliphatic carbocycles. The molecular weight excluding hydrogens is 440 g/mol. The summed E-state index contributed by atoms with van der Waals surface area (Å²) >= 11 is 0.